The van der Waals surface area contributed by atoms with E-state index in [1.807, 2.05) is 0 Å². The molecule has 10 heavy (non-hydrogen) atoms. The van der Waals surface area contributed by atoms with E-state index < -0.39 is 19.6 Å². The molecule has 1 heterocycles. The molecule has 7 heteroatoms. The Balaban J connectivity index is 2.91. The Morgan fingerprint density at radius 2 is 2.40 bits per heavy atom. The quantitative estimate of drug-likeness (QED) is 0.298. The number of halogens is 1. The van der Waals surface area contributed by atoms with Crippen LogP contribution in [-0.2, 0) is 10.8 Å². The monoisotopic (exact) mass is 226 g/mol. The van der Waals surface area contributed by atoms with Crippen molar-refractivity contribution in [1.29, 1.82) is 0 Å². The summed E-state index contributed by atoms with van der Waals surface area (Å²) in [5, 5.41) is 13.7. The number of nitrogens with one attached hydrogen (secondary N) is 1. The first kappa shape index (κ1) is 7.67. The Morgan fingerprint density at radius 1 is 1.80 bits per heavy atom. The Bertz CT molecular complexity index is 230. The fourth-order valence-electron chi connectivity index (χ4n) is 0.473. The molecule has 0 aliphatic carbocycles. The van der Waals surface area contributed by atoms with Crippen LogP contribution in [0.3, 0.4) is 0 Å². The van der Waals surface area contributed by atoms with E-state index in [1.165, 1.54) is 11.6 Å². The number of hydrogen-bond donors (Lipinski definition) is 1. The normalized spacial score (nSPS) is 37.5. The van der Waals surface area contributed by atoms with Crippen LogP contribution in [-0.4, -0.2) is 13.0 Å². The first-order valence-corrected chi connectivity index (χ1v) is 4.26. The molecule has 5 nitrogen and oxygen atoms in total. The molecule has 0 amide bonds. The molecular formula is C3H3BrN2O3S. The molecule has 0 spiro atoms. The average Bonchev–Trinajstić information content (AvgIpc) is 2.15. The maximum atomic E-state index is 10.8. The molecule has 1 N–H and O–H groups in total. The molecule has 0 saturated heterocycles. The van der Waals surface area contributed by atoms with Gasteiger partial charge in [-0.05, 0) is 0 Å². The van der Waals surface area contributed by atoms with Gasteiger partial charge >= 0.3 is 3.90 Å². The largest absolute Gasteiger partial charge is 0.427 e. The molecule has 0 saturated carbocycles. The van der Waals surface area contributed by atoms with Gasteiger partial charge in [-0.2, -0.15) is 0 Å². The third-order valence-corrected chi connectivity index (χ3v) is 3.61. The lowest BCUT2D eigenvalue weighted by Crippen LogP contribution is -2.43. The van der Waals surface area contributed by atoms with Crippen molar-refractivity contribution in [3.8, 4) is 0 Å². The maximum absolute atomic E-state index is 10.8. The van der Waals surface area contributed by atoms with Crippen LogP contribution in [0.15, 0.2) is 11.6 Å². The zero-order valence-electron chi connectivity index (χ0n) is 4.61. The van der Waals surface area contributed by atoms with Crippen LogP contribution in [0.4, 0.5) is 0 Å². The molecule has 0 radical (unpaired) electrons. The SMILES string of the molecule is O=[N+]([O-])C1(Br)NC=CS1=O. The van der Waals surface area contributed by atoms with Gasteiger partial charge in [0.25, 0.3) is 0 Å². The average molecular weight is 227 g/mol. The van der Waals surface area contributed by atoms with Crippen molar-refractivity contribution in [2.24, 2.45) is 0 Å². The number of nitrogens with zero attached hydrogens (tertiary/aromatic N) is 1. The minimum absolute atomic E-state index is 0.677. The van der Waals surface area contributed by atoms with Gasteiger partial charge in [-0.3, -0.25) is 10.1 Å². The molecule has 1 aliphatic rings. The molecule has 2 atom stereocenters. The lowest BCUT2D eigenvalue weighted by molar-refractivity contribution is -0.512. The summed E-state index contributed by atoms with van der Waals surface area (Å²) < 4.78 is 9.11. The molecule has 0 bridgehead atoms. The number of hydrogen-bond acceptors (Lipinski definition) is 4. The molecule has 1 rings (SSSR count). The fourth-order valence-corrected chi connectivity index (χ4v) is 1.63. The molecule has 0 fully saturated rings. The maximum Gasteiger partial charge on any atom is 0.427 e. The summed E-state index contributed by atoms with van der Waals surface area (Å²) in [6, 6.07) is 0. The lowest BCUT2D eigenvalue weighted by Gasteiger charge is -2.09. The predicted molar refractivity (Wildman–Crippen MR) is 39.1 cm³/mol. The van der Waals surface area contributed by atoms with E-state index in [0.717, 1.165) is 0 Å². The molecule has 1 aliphatic heterocycles. The van der Waals surface area contributed by atoms with Gasteiger partial charge in [0, 0.05) is 27.5 Å². The van der Waals surface area contributed by atoms with Crippen molar-refractivity contribution in [2.75, 3.05) is 0 Å². The summed E-state index contributed by atoms with van der Waals surface area (Å²) in [6.07, 6.45) is 1.29. The van der Waals surface area contributed by atoms with E-state index in [0.29, 0.717) is 0 Å². The van der Waals surface area contributed by atoms with E-state index in [9.17, 15) is 14.3 Å². The van der Waals surface area contributed by atoms with Crippen molar-refractivity contribution in [2.45, 2.75) is 3.90 Å². The Labute approximate surface area is 67.2 Å². The minimum atomic E-state index is -1.70. The lowest BCUT2D eigenvalue weighted by atomic mass is 10.9. The second-order valence-electron chi connectivity index (χ2n) is 1.56. The zero-order chi connectivity index (χ0) is 7.78. The number of alkyl halides is 1. The summed E-state index contributed by atoms with van der Waals surface area (Å²) in [4.78, 5) is 9.52. The topological polar surface area (TPSA) is 72.2 Å². The molecule has 0 aromatic rings. The second-order valence-corrected chi connectivity index (χ2v) is 4.69. The summed E-state index contributed by atoms with van der Waals surface area (Å²) in [6.45, 7) is 0. The van der Waals surface area contributed by atoms with Gasteiger partial charge in [0.2, 0.25) is 0 Å². The van der Waals surface area contributed by atoms with Gasteiger partial charge in [-0.15, -0.1) is 0 Å². The second kappa shape index (κ2) is 2.31. The van der Waals surface area contributed by atoms with Crippen molar-refractivity contribution >= 4 is 26.7 Å². The van der Waals surface area contributed by atoms with Crippen molar-refractivity contribution in [1.82, 2.24) is 5.32 Å². The van der Waals surface area contributed by atoms with Crippen molar-refractivity contribution in [3.63, 3.8) is 0 Å². The van der Waals surface area contributed by atoms with Gasteiger partial charge in [-0.1, -0.05) is 0 Å². The summed E-state index contributed by atoms with van der Waals surface area (Å²) >= 11 is 2.70. The van der Waals surface area contributed by atoms with Crippen LogP contribution < -0.4 is 5.32 Å². The summed E-state index contributed by atoms with van der Waals surface area (Å²) in [5.41, 5.74) is 0. The third kappa shape index (κ3) is 0.948. The molecule has 0 aromatic carbocycles. The highest BCUT2D eigenvalue weighted by atomic mass is 79.9. The number of rotatable bonds is 1. The standard InChI is InChI=1S/C3H3BrN2O3S/c4-3(6(7)8)5-1-2-10(3)9/h1-2,5H. The molecular weight excluding hydrogens is 224 g/mol. The minimum Gasteiger partial charge on any atom is -0.306 e. The van der Waals surface area contributed by atoms with E-state index in [2.05, 4.69) is 21.2 Å². The molecule has 0 aromatic heterocycles. The predicted octanol–water partition coefficient (Wildman–Crippen LogP) is 0.0924. The highest BCUT2D eigenvalue weighted by Crippen LogP contribution is 2.24. The van der Waals surface area contributed by atoms with E-state index in [-0.39, 0.29) is 0 Å². The Hall–Kier alpha value is -0.430. The van der Waals surface area contributed by atoms with Gasteiger partial charge in [0.1, 0.15) is 0 Å². The third-order valence-electron chi connectivity index (χ3n) is 0.954. The first-order valence-electron chi connectivity index (χ1n) is 2.26. The van der Waals surface area contributed by atoms with Crippen LogP contribution in [0.1, 0.15) is 0 Å². The van der Waals surface area contributed by atoms with Crippen LogP contribution in [0.2, 0.25) is 0 Å². The van der Waals surface area contributed by atoms with Crippen molar-refractivity contribution in [3.05, 3.63) is 21.7 Å². The van der Waals surface area contributed by atoms with Crippen molar-refractivity contribution < 1.29 is 9.13 Å². The summed E-state index contributed by atoms with van der Waals surface area (Å²) in [7, 11) is -1.63. The van der Waals surface area contributed by atoms with E-state index >= 15 is 0 Å². The smallest absolute Gasteiger partial charge is 0.306 e. The number of nitro groups is 1. The Morgan fingerprint density at radius 3 is 2.60 bits per heavy atom. The Kier molecular flexibility index (Phi) is 1.78. The molecule has 56 valence electrons. The summed E-state index contributed by atoms with van der Waals surface area (Å²) in [5.74, 6) is 0. The zero-order valence-corrected chi connectivity index (χ0v) is 7.02. The highest BCUT2D eigenvalue weighted by molar-refractivity contribution is 9.11. The van der Waals surface area contributed by atoms with E-state index in [4.69, 9.17) is 0 Å². The first-order chi connectivity index (χ1) is 4.57. The fraction of sp³-hybridized carbons (Fsp3) is 0.333. The van der Waals surface area contributed by atoms with Gasteiger partial charge in [0.05, 0.1) is 4.92 Å². The van der Waals surface area contributed by atoms with Gasteiger partial charge < -0.3 is 5.32 Å². The molecule has 2 unspecified atom stereocenters. The van der Waals surface area contributed by atoms with E-state index in [1.54, 1.807) is 0 Å². The van der Waals surface area contributed by atoms with Gasteiger partial charge in [0.15, 0.2) is 10.8 Å². The van der Waals surface area contributed by atoms with Gasteiger partial charge in [-0.25, -0.2) is 4.21 Å². The highest BCUT2D eigenvalue weighted by Gasteiger charge is 2.48. The van der Waals surface area contributed by atoms with Crippen LogP contribution in [0.5, 0.6) is 0 Å². The van der Waals surface area contributed by atoms with Crippen LogP contribution in [0, 0.1) is 10.1 Å². The van der Waals surface area contributed by atoms with Crippen LogP contribution in [0.25, 0.3) is 0 Å². The van der Waals surface area contributed by atoms with Crippen LogP contribution >= 0.6 is 15.9 Å².